The number of aryl methyl sites for hydroxylation is 1. The van der Waals surface area contributed by atoms with E-state index in [1.165, 1.54) is 13.3 Å². The standard InChI is InChI=1S/C21H18BrNO4/c1-13-10-16(22)6-8-17(13)27-20-9-5-15(12-23-20)21(24)14-4-7-18(25-2)19(11-14)26-3/h4-12H,1-3H3. The monoisotopic (exact) mass is 427 g/mol. The van der Waals surface area contributed by atoms with Gasteiger partial charge in [-0.1, -0.05) is 15.9 Å². The number of pyridine rings is 1. The summed E-state index contributed by atoms with van der Waals surface area (Å²) in [5.41, 5.74) is 1.94. The largest absolute Gasteiger partial charge is 0.493 e. The maximum Gasteiger partial charge on any atom is 0.219 e. The Kier molecular flexibility index (Phi) is 5.76. The molecule has 0 aliphatic heterocycles. The average molecular weight is 428 g/mol. The fraction of sp³-hybridized carbons (Fsp3) is 0.143. The van der Waals surface area contributed by atoms with Gasteiger partial charge < -0.3 is 14.2 Å². The molecule has 5 nitrogen and oxygen atoms in total. The number of aromatic nitrogens is 1. The summed E-state index contributed by atoms with van der Waals surface area (Å²) in [5.74, 6) is 2.05. The van der Waals surface area contributed by atoms with E-state index >= 15 is 0 Å². The molecule has 0 saturated heterocycles. The molecular weight excluding hydrogens is 410 g/mol. The fourth-order valence-electron chi connectivity index (χ4n) is 2.56. The number of carbonyl (C=O) groups excluding carboxylic acids is 1. The van der Waals surface area contributed by atoms with E-state index in [1.54, 1.807) is 37.4 Å². The molecule has 1 heterocycles. The van der Waals surface area contributed by atoms with Gasteiger partial charge in [-0.15, -0.1) is 0 Å². The van der Waals surface area contributed by atoms with Crippen LogP contribution >= 0.6 is 15.9 Å². The molecule has 0 N–H and O–H groups in total. The number of benzene rings is 2. The highest BCUT2D eigenvalue weighted by Gasteiger charge is 2.14. The van der Waals surface area contributed by atoms with Crippen molar-refractivity contribution in [1.29, 1.82) is 0 Å². The van der Waals surface area contributed by atoms with Gasteiger partial charge in [-0.3, -0.25) is 4.79 Å². The number of ether oxygens (including phenoxy) is 3. The maximum absolute atomic E-state index is 12.7. The van der Waals surface area contributed by atoms with Crippen LogP contribution in [0.15, 0.2) is 59.2 Å². The van der Waals surface area contributed by atoms with Crippen molar-refractivity contribution < 1.29 is 19.0 Å². The van der Waals surface area contributed by atoms with Crippen LogP contribution in [0.2, 0.25) is 0 Å². The van der Waals surface area contributed by atoms with Gasteiger partial charge in [-0.05, 0) is 55.0 Å². The van der Waals surface area contributed by atoms with Crippen LogP contribution in [-0.4, -0.2) is 25.0 Å². The molecule has 0 fully saturated rings. The minimum Gasteiger partial charge on any atom is -0.493 e. The zero-order valence-electron chi connectivity index (χ0n) is 15.2. The van der Waals surface area contributed by atoms with Crippen LogP contribution in [0, 0.1) is 6.92 Å². The molecule has 0 bridgehead atoms. The van der Waals surface area contributed by atoms with Crippen molar-refractivity contribution in [1.82, 2.24) is 4.98 Å². The molecule has 6 heteroatoms. The summed E-state index contributed by atoms with van der Waals surface area (Å²) in [5, 5.41) is 0. The van der Waals surface area contributed by atoms with Crippen LogP contribution < -0.4 is 14.2 Å². The van der Waals surface area contributed by atoms with Gasteiger partial charge in [0.2, 0.25) is 5.88 Å². The molecule has 0 spiro atoms. The summed E-state index contributed by atoms with van der Waals surface area (Å²) >= 11 is 3.42. The van der Waals surface area contributed by atoms with E-state index in [4.69, 9.17) is 14.2 Å². The molecule has 3 aromatic rings. The van der Waals surface area contributed by atoms with E-state index in [0.717, 1.165) is 10.0 Å². The van der Waals surface area contributed by atoms with E-state index in [-0.39, 0.29) is 5.78 Å². The van der Waals surface area contributed by atoms with Crippen molar-refractivity contribution in [2.45, 2.75) is 6.92 Å². The minimum atomic E-state index is -0.158. The normalized spacial score (nSPS) is 10.4. The van der Waals surface area contributed by atoms with Crippen molar-refractivity contribution in [3.05, 3.63) is 75.9 Å². The minimum absolute atomic E-state index is 0.158. The van der Waals surface area contributed by atoms with Crippen molar-refractivity contribution >= 4 is 21.7 Å². The third-order valence-corrected chi connectivity index (χ3v) is 4.49. The topological polar surface area (TPSA) is 57.7 Å². The summed E-state index contributed by atoms with van der Waals surface area (Å²) < 4.78 is 17.2. The highest BCUT2D eigenvalue weighted by Crippen LogP contribution is 2.29. The Balaban J connectivity index is 1.79. The lowest BCUT2D eigenvalue weighted by atomic mass is 10.0. The summed E-state index contributed by atoms with van der Waals surface area (Å²) in [6.45, 7) is 1.95. The second-order valence-corrected chi connectivity index (χ2v) is 6.71. The molecule has 1 aromatic heterocycles. The Labute approximate surface area is 166 Å². The van der Waals surface area contributed by atoms with Crippen LogP contribution in [-0.2, 0) is 0 Å². The number of methoxy groups -OCH3 is 2. The van der Waals surface area contributed by atoms with Crippen LogP contribution in [0.1, 0.15) is 21.5 Å². The quantitative estimate of drug-likeness (QED) is 0.506. The zero-order chi connectivity index (χ0) is 19.4. The molecule has 0 aliphatic carbocycles. The number of nitrogens with zero attached hydrogens (tertiary/aromatic N) is 1. The molecule has 0 aliphatic rings. The van der Waals surface area contributed by atoms with Gasteiger partial charge in [0.1, 0.15) is 5.75 Å². The summed E-state index contributed by atoms with van der Waals surface area (Å²) in [6.07, 6.45) is 1.50. The fourth-order valence-corrected chi connectivity index (χ4v) is 3.03. The van der Waals surface area contributed by atoms with Gasteiger partial charge in [0.25, 0.3) is 0 Å². The highest BCUT2D eigenvalue weighted by atomic mass is 79.9. The second kappa shape index (κ2) is 8.22. The summed E-state index contributed by atoms with van der Waals surface area (Å²) in [7, 11) is 3.08. The van der Waals surface area contributed by atoms with Crippen LogP contribution in [0.25, 0.3) is 0 Å². The molecule has 3 rings (SSSR count). The molecule has 27 heavy (non-hydrogen) atoms. The van der Waals surface area contributed by atoms with Gasteiger partial charge in [-0.25, -0.2) is 4.98 Å². The molecule has 0 atom stereocenters. The molecule has 0 saturated carbocycles. The van der Waals surface area contributed by atoms with Crippen molar-refractivity contribution in [2.75, 3.05) is 14.2 Å². The first-order valence-corrected chi connectivity index (χ1v) is 8.98. The molecule has 138 valence electrons. The predicted octanol–water partition coefficient (Wildman–Crippen LogP) is 5.19. The molecule has 0 amide bonds. The SMILES string of the molecule is COc1ccc(C(=O)c2ccc(Oc3ccc(Br)cc3C)nc2)cc1OC. The van der Waals surface area contributed by atoms with E-state index in [9.17, 15) is 4.79 Å². The average Bonchev–Trinajstić information content (AvgIpc) is 2.69. The maximum atomic E-state index is 12.7. The van der Waals surface area contributed by atoms with E-state index < -0.39 is 0 Å². The lowest BCUT2D eigenvalue weighted by molar-refractivity contribution is 0.103. The first kappa shape index (κ1) is 18.9. The smallest absolute Gasteiger partial charge is 0.219 e. The summed E-state index contributed by atoms with van der Waals surface area (Å²) in [4.78, 5) is 16.9. The Morgan fingerprint density at radius 2 is 1.59 bits per heavy atom. The number of ketones is 1. The molecule has 2 aromatic carbocycles. The van der Waals surface area contributed by atoms with Crippen molar-refractivity contribution in [2.24, 2.45) is 0 Å². The third kappa shape index (κ3) is 4.28. The van der Waals surface area contributed by atoms with Crippen LogP contribution in [0.4, 0.5) is 0 Å². The first-order chi connectivity index (χ1) is 13.0. The number of hydrogen-bond acceptors (Lipinski definition) is 5. The van der Waals surface area contributed by atoms with Crippen molar-refractivity contribution in [3.63, 3.8) is 0 Å². The van der Waals surface area contributed by atoms with E-state index in [2.05, 4.69) is 20.9 Å². The molecule has 0 radical (unpaired) electrons. The number of hydrogen-bond donors (Lipinski definition) is 0. The highest BCUT2D eigenvalue weighted by molar-refractivity contribution is 9.10. The Hall–Kier alpha value is -2.86. The number of rotatable bonds is 6. The second-order valence-electron chi connectivity index (χ2n) is 5.80. The van der Waals surface area contributed by atoms with Crippen molar-refractivity contribution in [3.8, 4) is 23.1 Å². The Morgan fingerprint density at radius 3 is 2.22 bits per heavy atom. The molecule has 0 unspecified atom stereocenters. The van der Waals surface area contributed by atoms with Gasteiger partial charge in [0.05, 0.1) is 14.2 Å². The van der Waals surface area contributed by atoms with Gasteiger partial charge in [0.15, 0.2) is 17.3 Å². The summed E-state index contributed by atoms with van der Waals surface area (Å²) in [6, 6.07) is 14.1. The lowest BCUT2D eigenvalue weighted by Gasteiger charge is -2.10. The van der Waals surface area contributed by atoms with Crippen LogP contribution in [0.3, 0.4) is 0 Å². The first-order valence-electron chi connectivity index (χ1n) is 8.18. The van der Waals surface area contributed by atoms with E-state index in [1.807, 2.05) is 25.1 Å². The lowest BCUT2D eigenvalue weighted by Crippen LogP contribution is -2.03. The third-order valence-electron chi connectivity index (χ3n) is 4.00. The number of carbonyl (C=O) groups is 1. The Bertz CT molecular complexity index is 970. The van der Waals surface area contributed by atoms with E-state index in [0.29, 0.717) is 34.3 Å². The Morgan fingerprint density at radius 1 is 0.889 bits per heavy atom. The predicted molar refractivity (Wildman–Crippen MR) is 106 cm³/mol. The van der Waals surface area contributed by atoms with Gasteiger partial charge >= 0.3 is 0 Å². The molecular formula is C21H18BrNO4. The number of halogens is 1. The zero-order valence-corrected chi connectivity index (χ0v) is 16.7. The van der Waals surface area contributed by atoms with Crippen LogP contribution in [0.5, 0.6) is 23.1 Å². The van der Waals surface area contributed by atoms with Gasteiger partial charge in [0, 0.05) is 27.9 Å². The van der Waals surface area contributed by atoms with Gasteiger partial charge in [-0.2, -0.15) is 0 Å².